The van der Waals surface area contributed by atoms with Gasteiger partial charge < -0.3 is 25.2 Å². The SMILES string of the molecule is COC(=O)[C@@H](Cc1ccccc1)NC(=O)[C@H](CC(=O)O)NCCC(C)(C)c1ccc(OC)cc1. The van der Waals surface area contributed by atoms with Gasteiger partial charge in [-0.25, -0.2) is 4.79 Å². The van der Waals surface area contributed by atoms with Gasteiger partial charge in [0.15, 0.2) is 0 Å². The quantitative estimate of drug-likeness (QED) is 0.386. The van der Waals surface area contributed by atoms with E-state index in [-0.39, 0.29) is 11.8 Å². The summed E-state index contributed by atoms with van der Waals surface area (Å²) in [6.45, 7) is 4.57. The summed E-state index contributed by atoms with van der Waals surface area (Å²) < 4.78 is 10.0. The number of hydrogen-bond acceptors (Lipinski definition) is 6. The van der Waals surface area contributed by atoms with Crippen LogP contribution in [0.4, 0.5) is 0 Å². The molecule has 0 aliphatic carbocycles. The highest BCUT2D eigenvalue weighted by Gasteiger charge is 2.28. The van der Waals surface area contributed by atoms with E-state index < -0.39 is 36.4 Å². The summed E-state index contributed by atoms with van der Waals surface area (Å²) in [5, 5.41) is 15.0. The van der Waals surface area contributed by atoms with Gasteiger partial charge in [-0.3, -0.25) is 9.59 Å². The van der Waals surface area contributed by atoms with Crippen molar-refractivity contribution in [2.24, 2.45) is 0 Å². The molecule has 0 heterocycles. The number of hydrogen-bond donors (Lipinski definition) is 3. The molecule has 0 unspecified atom stereocenters. The minimum atomic E-state index is -1.11. The number of carbonyl (C=O) groups excluding carboxylic acids is 2. The molecule has 2 aromatic carbocycles. The Morgan fingerprint density at radius 3 is 2.18 bits per heavy atom. The number of carbonyl (C=O) groups is 3. The van der Waals surface area contributed by atoms with Crippen molar-refractivity contribution in [3.05, 3.63) is 65.7 Å². The van der Waals surface area contributed by atoms with Crippen LogP contribution < -0.4 is 15.4 Å². The Labute approximate surface area is 200 Å². The average molecular weight is 471 g/mol. The maximum Gasteiger partial charge on any atom is 0.328 e. The number of esters is 1. The van der Waals surface area contributed by atoms with Crippen molar-refractivity contribution >= 4 is 17.8 Å². The molecule has 1 amide bonds. The predicted octanol–water partition coefficient (Wildman–Crippen LogP) is 2.70. The van der Waals surface area contributed by atoms with Crippen LogP contribution in [0.15, 0.2) is 54.6 Å². The zero-order valence-corrected chi connectivity index (χ0v) is 20.2. The van der Waals surface area contributed by atoms with Crippen LogP contribution in [0.1, 0.15) is 37.8 Å². The van der Waals surface area contributed by atoms with Crippen LogP contribution in [0.2, 0.25) is 0 Å². The zero-order chi connectivity index (χ0) is 25.1. The Hall–Kier alpha value is -3.39. The van der Waals surface area contributed by atoms with Gasteiger partial charge in [-0.15, -0.1) is 0 Å². The highest BCUT2D eigenvalue weighted by molar-refractivity contribution is 5.90. The van der Waals surface area contributed by atoms with Crippen molar-refractivity contribution < 1.29 is 29.0 Å². The Kier molecular flexibility index (Phi) is 10.1. The summed E-state index contributed by atoms with van der Waals surface area (Å²) in [5.74, 6) is -1.49. The molecule has 0 fully saturated rings. The lowest BCUT2D eigenvalue weighted by molar-refractivity contribution is -0.145. The minimum Gasteiger partial charge on any atom is -0.497 e. The van der Waals surface area contributed by atoms with Crippen LogP contribution in [0, 0.1) is 0 Å². The number of benzene rings is 2. The summed E-state index contributed by atoms with van der Waals surface area (Å²) in [4.78, 5) is 36.6. The van der Waals surface area contributed by atoms with Crippen molar-refractivity contribution in [2.75, 3.05) is 20.8 Å². The fourth-order valence-corrected chi connectivity index (χ4v) is 3.64. The van der Waals surface area contributed by atoms with Gasteiger partial charge in [-0.2, -0.15) is 0 Å². The van der Waals surface area contributed by atoms with Gasteiger partial charge >= 0.3 is 11.9 Å². The largest absolute Gasteiger partial charge is 0.497 e. The highest BCUT2D eigenvalue weighted by Crippen LogP contribution is 2.28. The molecule has 2 atom stereocenters. The van der Waals surface area contributed by atoms with E-state index in [1.54, 1.807) is 7.11 Å². The van der Waals surface area contributed by atoms with E-state index in [4.69, 9.17) is 9.47 Å². The number of carboxylic acids is 1. The number of nitrogens with one attached hydrogen (secondary N) is 2. The molecule has 2 aromatic rings. The second-order valence-corrected chi connectivity index (χ2v) is 8.74. The topological polar surface area (TPSA) is 114 Å². The third kappa shape index (κ3) is 8.19. The minimum absolute atomic E-state index is 0.217. The van der Waals surface area contributed by atoms with Crippen LogP contribution >= 0.6 is 0 Å². The molecule has 184 valence electrons. The molecule has 0 saturated carbocycles. The number of ether oxygens (including phenoxy) is 2. The summed E-state index contributed by atoms with van der Waals surface area (Å²) in [6, 6.07) is 15.1. The Balaban J connectivity index is 2.04. The van der Waals surface area contributed by atoms with E-state index in [0.717, 1.165) is 16.9 Å². The second-order valence-electron chi connectivity index (χ2n) is 8.74. The molecule has 0 saturated heterocycles. The van der Waals surface area contributed by atoms with Gasteiger partial charge in [-0.05, 0) is 41.6 Å². The number of aliphatic carboxylic acids is 1. The maximum atomic E-state index is 12.9. The molecule has 8 nitrogen and oxygen atoms in total. The molecular formula is C26H34N2O6. The molecule has 0 aromatic heterocycles. The van der Waals surface area contributed by atoms with Gasteiger partial charge in [0.2, 0.25) is 5.91 Å². The summed E-state index contributed by atoms with van der Waals surface area (Å²) in [5.41, 5.74) is 1.73. The lowest BCUT2D eigenvalue weighted by Gasteiger charge is -2.27. The molecule has 2 rings (SSSR count). The van der Waals surface area contributed by atoms with Crippen LogP contribution in [0.25, 0.3) is 0 Å². The molecule has 3 N–H and O–H groups in total. The summed E-state index contributed by atoms with van der Waals surface area (Å²) in [6.07, 6.45) is 0.491. The fraction of sp³-hybridized carbons (Fsp3) is 0.423. The normalized spacial score (nSPS) is 12.9. The van der Waals surface area contributed by atoms with Crippen molar-refractivity contribution in [3.8, 4) is 5.75 Å². The fourth-order valence-electron chi connectivity index (χ4n) is 3.64. The van der Waals surface area contributed by atoms with Crippen molar-refractivity contribution in [1.29, 1.82) is 0 Å². The van der Waals surface area contributed by atoms with Crippen LogP contribution in [-0.2, 0) is 31.0 Å². The number of amides is 1. The first-order valence-corrected chi connectivity index (χ1v) is 11.2. The molecular weight excluding hydrogens is 436 g/mol. The lowest BCUT2D eigenvalue weighted by Crippen LogP contribution is -2.52. The lowest BCUT2D eigenvalue weighted by atomic mass is 9.81. The van der Waals surface area contributed by atoms with Gasteiger partial charge in [0.1, 0.15) is 11.8 Å². The van der Waals surface area contributed by atoms with Gasteiger partial charge in [0, 0.05) is 6.42 Å². The molecule has 0 aliphatic rings. The maximum absolute atomic E-state index is 12.9. The molecule has 0 aliphatic heterocycles. The first-order valence-electron chi connectivity index (χ1n) is 11.2. The van der Waals surface area contributed by atoms with Crippen molar-refractivity contribution in [3.63, 3.8) is 0 Å². The van der Waals surface area contributed by atoms with Gasteiger partial charge in [-0.1, -0.05) is 56.3 Å². The molecule has 0 radical (unpaired) electrons. The predicted molar refractivity (Wildman–Crippen MR) is 129 cm³/mol. The van der Waals surface area contributed by atoms with Gasteiger partial charge in [0.25, 0.3) is 0 Å². The molecule has 34 heavy (non-hydrogen) atoms. The van der Waals surface area contributed by atoms with E-state index in [0.29, 0.717) is 13.0 Å². The van der Waals surface area contributed by atoms with E-state index in [2.05, 4.69) is 24.5 Å². The monoisotopic (exact) mass is 470 g/mol. The Bertz CT molecular complexity index is 944. The number of carboxylic acid groups (broad SMARTS) is 1. The Morgan fingerprint density at radius 2 is 1.62 bits per heavy atom. The third-order valence-corrected chi connectivity index (χ3v) is 5.79. The van der Waals surface area contributed by atoms with E-state index in [1.807, 2.05) is 54.6 Å². The standard InChI is InChI=1S/C26H34N2O6/c1-26(2,19-10-12-20(33-3)13-11-19)14-15-27-21(17-23(29)30)24(31)28-22(25(32)34-4)16-18-8-6-5-7-9-18/h5-13,21-22,27H,14-17H2,1-4H3,(H,28,31)(H,29,30)/t21-,22+/m0/s1. The van der Waals surface area contributed by atoms with Crippen LogP contribution in [-0.4, -0.2) is 55.8 Å². The molecule has 8 heteroatoms. The van der Waals surface area contributed by atoms with Crippen molar-refractivity contribution in [2.45, 2.75) is 50.6 Å². The summed E-state index contributed by atoms with van der Waals surface area (Å²) in [7, 11) is 2.86. The first-order chi connectivity index (χ1) is 16.2. The van der Waals surface area contributed by atoms with Gasteiger partial charge in [0.05, 0.1) is 26.7 Å². The molecule has 0 bridgehead atoms. The van der Waals surface area contributed by atoms with E-state index in [1.165, 1.54) is 7.11 Å². The molecule has 0 spiro atoms. The second kappa shape index (κ2) is 12.7. The number of rotatable bonds is 13. The van der Waals surface area contributed by atoms with Crippen LogP contribution in [0.3, 0.4) is 0 Å². The zero-order valence-electron chi connectivity index (χ0n) is 20.2. The smallest absolute Gasteiger partial charge is 0.328 e. The number of methoxy groups -OCH3 is 2. The average Bonchev–Trinajstić information content (AvgIpc) is 2.82. The van der Waals surface area contributed by atoms with Crippen molar-refractivity contribution in [1.82, 2.24) is 10.6 Å². The summed E-state index contributed by atoms with van der Waals surface area (Å²) >= 11 is 0. The highest BCUT2D eigenvalue weighted by atomic mass is 16.5. The third-order valence-electron chi connectivity index (χ3n) is 5.79. The van der Waals surface area contributed by atoms with E-state index >= 15 is 0 Å². The first kappa shape index (κ1) is 26.9. The van der Waals surface area contributed by atoms with E-state index in [9.17, 15) is 19.5 Å². The van der Waals surface area contributed by atoms with Crippen LogP contribution in [0.5, 0.6) is 5.75 Å². The Morgan fingerprint density at radius 1 is 0.971 bits per heavy atom.